The lowest BCUT2D eigenvalue weighted by Gasteiger charge is -2.33. The van der Waals surface area contributed by atoms with Gasteiger partial charge in [0, 0.05) is 40.6 Å². The number of halogens is 1. The fraction of sp³-hybridized carbons (Fsp3) is 0.385. The number of rotatable bonds is 7. The first kappa shape index (κ1) is 24.7. The van der Waals surface area contributed by atoms with E-state index in [0.717, 1.165) is 48.2 Å². The third-order valence-corrected chi connectivity index (χ3v) is 7.92. The summed E-state index contributed by atoms with van der Waals surface area (Å²) in [6.07, 6.45) is 2.30. The van der Waals surface area contributed by atoms with Crippen molar-refractivity contribution in [2.75, 3.05) is 29.9 Å². The quantitative estimate of drug-likeness (QED) is 0.356. The van der Waals surface area contributed by atoms with Gasteiger partial charge in [0.05, 0.1) is 5.69 Å². The van der Waals surface area contributed by atoms with Gasteiger partial charge in [-0.2, -0.15) is 0 Å². The van der Waals surface area contributed by atoms with Crippen LogP contribution in [0.15, 0.2) is 58.4 Å². The van der Waals surface area contributed by atoms with E-state index in [-0.39, 0.29) is 11.4 Å². The number of thiazole rings is 1. The van der Waals surface area contributed by atoms with Crippen LogP contribution >= 0.6 is 27.3 Å². The molecule has 0 aliphatic carbocycles. The van der Waals surface area contributed by atoms with Crippen LogP contribution in [0.5, 0.6) is 0 Å². The highest BCUT2D eigenvalue weighted by Crippen LogP contribution is 2.34. The second-order valence-corrected chi connectivity index (χ2v) is 11.1. The normalized spacial score (nSPS) is 14.8. The first-order valence-corrected chi connectivity index (χ1v) is 13.3. The van der Waals surface area contributed by atoms with Crippen molar-refractivity contribution in [1.29, 1.82) is 0 Å². The van der Waals surface area contributed by atoms with Crippen molar-refractivity contribution in [3.8, 4) is 0 Å². The average molecular weight is 543 g/mol. The molecule has 2 heterocycles. The second kappa shape index (κ2) is 10.9. The average Bonchev–Trinajstić information content (AvgIpc) is 3.33. The fourth-order valence-electron chi connectivity index (χ4n) is 4.21. The number of benzene rings is 2. The van der Waals surface area contributed by atoms with Crippen molar-refractivity contribution in [3.63, 3.8) is 0 Å². The molecule has 0 unspecified atom stereocenters. The number of urea groups is 1. The molecular weight excluding hydrogens is 510 g/mol. The first-order valence-electron chi connectivity index (χ1n) is 11.7. The molecule has 6 nitrogen and oxygen atoms in total. The number of anilines is 2. The lowest BCUT2D eigenvalue weighted by Crippen LogP contribution is -2.36. The van der Waals surface area contributed by atoms with Crippen LogP contribution < -0.4 is 21.3 Å². The summed E-state index contributed by atoms with van der Waals surface area (Å²) in [5.41, 5.74) is 9.94. The van der Waals surface area contributed by atoms with Crippen LogP contribution in [0.2, 0.25) is 0 Å². The van der Waals surface area contributed by atoms with Gasteiger partial charge in [-0.15, -0.1) is 11.3 Å². The molecule has 34 heavy (non-hydrogen) atoms. The van der Waals surface area contributed by atoms with Gasteiger partial charge in [-0.05, 0) is 60.7 Å². The zero-order valence-corrected chi connectivity index (χ0v) is 22.1. The highest BCUT2D eigenvalue weighted by atomic mass is 79.9. The lowest BCUT2D eigenvalue weighted by molar-refractivity contribution is 0.251. The predicted octanol–water partition coefficient (Wildman–Crippen LogP) is 5.73. The van der Waals surface area contributed by atoms with E-state index in [1.165, 1.54) is 22.6 Å². The summed E-state index contributed by atoms with van der Waals surface area (Å²) in [6, 6.07) is 16.4. The molecule has 4 N–H and O–H groups in total. The van der Waals surface area contributed by atoms with Crippen LogP contribution in [0.1, 0.15) is 43.5 Å². The smallest absolute Gasteiger partial charge is 0.321 e. The molecule has 0 radical (unpaired) electrons. The molecular formula is C26H32BrN5OS. The number of carbonyl (C=O) groups excluding carboxylic acids is 1. The van der Waals surface area contributed by atoms with E-state index in [9.17, 15) is 4.79 Å². The molecule has 1 saturated heterocycles. The molecule has 2 amide bonds. The minimum Gasteiger partial charge on any atom is -0.372 e. The Morgan fingerprint density at radius 1 is 1.15 bits per heavy atom. The van der Waals surface area contributed by atoms with Gasteiger partial charge in [-0.25, -0.2) is 9.78 Å². The van der Waals surface area contributed by atoms with Crippen molar-refractivity contribution in [2.45, 2.75) is 38.6 Å². The monoisotopic (exact) mass is 541 g/mol. The molecule has 3 aromatic rings. The van der Waals surface area contributed by atoms with E-state index in [2.05, 4.69) is 86.7 Å². The van der Waals surface area contributed by atoms with Gasteiger partial charge in [-0.3, -0.25) is 5.32 Å². The van der Waals surface area contributed by atoms with Crippen LogP contribution in [0.4, 0.5) is 15.6 Å². The van der Waals surface area contributed by atoms with Crippen LogP contribution in [-0.4, -0.2) is 30.6 Å². The fourth-order valence-corrected chi connectivity index (χ4v) is 5.35. The third kappa shape index (κ3) is 5.98. The Balaban J connectivity index is 1.28. The van der Waals surface area contributed by atoms with Crippen LogP contribution in [0.3, 0.4) is 0 Å². The number of hydrogen-bond donors (Lipinski definition) is 3. The van der Waals surface area contributed by atoms with E-state index in [4.69, 9.17) is 5.73 Å². The largest absolute Gasteiger partial charge is 0.372 e. The van der Waals surface area contributed by atoms with Crippen molar-refractivity contribution in [2.24, 2.45) is 11.7 Å². The Morgan fingerprint density at radius 3 is 2.47 bits per heavy atom. The Bertz CT molecular complexity index is 1090. The van der Waals surface area contributed by atoms with Crippen LogP contribution in [0, 0.1) is 5.92 Å². The highest BCUT2D eigenvalue weighted by molar-refractivity contribution is 9.10. The van der Waals surface area contributed by atoms with Gasteiger partial charge < -0.3 is 16.0 Å². The van der Waals surface area contributed by atoms with Gasteiger partial charge in [0.2, 0.25) is 0 Å². The second-order valence-electron chi connectivity index (χ2n) is 9.31. The maximum absolute atomic E-state index is 12.4. The molecule has 180 valence electrons. The van der Waals surface area contributed by atoms with Crippen molar-refractivity contribution in [3.05, 3.63) is 75.2 Å². The summed E-state index contributed by atoms with van der Waals surface area (Å²) in [4.78, 5) is 19.5. The number of piperidine rings is 1. The van der Waals surface area contributed by atoms with E-state index in [1.54, 1.807) is 0 Å². The summed E-state index contributed by atoms with van der Waals surface area (Å²) >= 11 is 4.92. The number of nitrogens with zero attached hydrogens (tertiary/aromatic N) is 2. The van der Waals surface area contributed by atoms with Crippen LogP contribution in [0.25, 0.3) is 0 Å². The first-order chi connectivity index (χ1) is 16.3. The van der Waals surface area contributed by atoms with Gasteiger partial charge in [0.15, 0.2) is 5.13 Å². The molecule has 1 aliphatic rings. The van der Waals surface area contributed by atoms with E-state index >= 15 is 0 Å². The molecule has 0 atom stereocenters. The molecule has 4 rings (SSSR count). The lowest BCUT2D eigenvalue weighted by atomic mass is 9.82. The maximum atomic E-state index is 12.4. The van der Waals surface area contributed by atoms with Gasteiger partial charge in [0.25, 0.3) is 0 Å². The number of nitrogens with two attached hydrogens (primary N) is 1. The molecule has 8 heteroatoms. The van der Waals surface area contributed by atoms with Gasteiger partial charge in [0.1, 0.15) is 0 Å². The Morgan fingerprint density at radius 2 is 1.82 bits per heavy atom. The van der Waals surface area contributed by atoms with E-state index in [1.807, 2.05) is 17.5 Å². The summed E-state index contributed by atoms with van der Waals surface area (Å²) < 4.78 is 1.05. The van der Waals surface area contributed by atoms with Crippen molar-refractivity contribution >= 4 is 44.1 Å². The number of amides is 2. The van der Waals surface area contributed by atoms with Gasteiger partial charge >= 0.3 is 6.03 Å². The molecule has 1 aliphatic heterocycles. The molecule has 2 aromatic carbocycles. The molecule has 1 aromatic heterocycles. The maximum Gasteiger partial charge on any atom is 0.321 e. The SMILES string of the molecule is CC(C)(c1ccc(Br)cc1)c1csc(NC(=O)NCc2ccc(N3CCC(CN)CC3)cc2)n1. The molecule has 0 bridgehead atoms. The Hall–Kier alpha value is -2.42. The zero-order valence-electron chi connectivity index (χ0n) is 19.7. The summed E-state index contributed by atoms with van der Waals surface area (Å²) in [6.45, 7) is 7.63. The minimum absolute atomic E-state index is 0.254. The van der Waals surface area contributed by atoms with E-state index < -0.39 is 0 Å². The number of carbonyl (C=O) groups is 1. The molecule has 1 fully saturated rings. The Labute approximate surface area is 214 Å². The number of aromatic nitrogens is 1. The summed E-state index contributed by atoms with van der Waals surface area (Å²) in [5, 5.41) is 8.40. The molecule has 0 spiro atoms. The zero-order chi connectivity index (χ0) is 24.1. The van der Waals surface area contributed by atoms with Crippen molar-refractivity contribution < 1.29 is 4.79 Å². The number of hydrogen-bond acceptors (Lipinski definition) is 5. The third-order valence-electron chi connectivity index (χ3n) is 6.63. The summed E-state index contributed by atoms with van der Waals surface area (Å²) in [5.74, 6) is 0.652. The summed E-state index contributed by atoms with van der Waals surface area (Å²) in [7, 11) is 0. The highest BCUT2D eigenvalue weighted by Gasteiger charge is 2.26. The standard InChI is InChI=1S/C26H32BrN5OS/c1-26(2,20-5-7-21(27)8-6-20)23-17-34-25(30-23)31-24(33)29-16-19-3-9-22(10-4-19)32-13-11-18(15-28)12-14-32/h3-10,17-18H,11-16,28H2,1-2H3,(H2,29,30,31,33). The minimum atomic E-state index is -0.255. The molecule has 0 saturated carbocycles. The van der Waals surface area contributed by atoms with Crippen LogP contribution in [-0.2, 0) is 12.0 Å². The van der Waals surface area contributed by atoms with Gasteiger partial charge in [-0.1, -0.05) is 54.0 Å². The number of nitrogens with one attached hydrogen (secondary N) is 2. The van der Waals surface area contributed by atoms with Crippen molar-refractivity contribution in [1.82, 2.24) is 10.3 Å². The Kier molecular flexibility index (Phi) is 7.91. The predicted molar refractivity (Wildman–Crippen MR) is 145 cm³/mol. The van der Waals surface area contributed by atoms with E-state index in [0.29, 0.717) is 17.6 Å². The topological polar surface area (TPSA) is 83.3 Å².